The van der Waals surface area contributed by atoms with Crippen LogP contribution < -0.4 is 3.52 Å². The topological polar surface area (TPSA) is 77.3 Å². The van der Waals surface area contributed by atoms with Crippen molar-refractivity contribution in [3.8, 4) is 0 Å². The van der Waals surface area contributed by atoms with E-state index in [2.05, 4.69) is 29.9 Å². The molecule has 76 valence electrons. The summed E-state index contributed by atoms with van der Waals surface area (Å²) in [4.78, 5) is 22.5. The predicted molar refractivity (Wildman–Crippen MR) is 52.8 cm³/mol. The number of quaternary nitrogens is 1. The van der Waals surface area contributed by atoms with Crippen LogP contribution in [0.4, 0.5) is 11.9 Å². The summed E-state index contributed by atoms with van der Waals surface area (Å²) in [5.74, 6) is 0.221. The van der Waals surface area contributed by atoms with Crippen molar-refractivity contribution in [2.24, 2.45) is 0 Å². The Morgan fingerprint density at radius 2 is 1.07 bits per heavy atom. The minimum absolute atomic E-state index is 0.111. The zero-order chi connectivity index (χ0) is 10.7. The van der Waals surface area contributed by atoms with E-state index in [1.165, 1.54) is 25.3 Å². The van der Waals surface area contributed by atoms with E-state index < -0.39 is 3.52 Å². The lowest BCUT2D eigenvalue weighted by Crippen LogP contribution is -2.25. The quantitative estimate of drug-likeness (QED) is 0.734. The van der Waals surface area contributed by atoms with Gasteiger partial charge in [0.15, 0.2) is 0 Å². The van der Waals surface area contributed by atoms with Crippen LogP contribution in [0.25, 0.3) is 0 Å². The highest BCUT2D eigenvalue weighted by atomic mass is 35.5. The average Bonchev–Trinajstić information content (AvgIpc) is 2.31. The summed E-state index contributed by atoms with van der Waals surface area (Å²) in [5.41, 5.74) is 0. The molecule has 2 rings (SSSR count). The molecule has 0 radical (unpaired) electrons. The molecular weight excluding hydrogens is 241 g/mol. The molecule has 9 heteroatoms. The first kappa shape index (κ1) is 10.1. The van der Waals surface area contributed by atoms with E-state index in [0.717, 1.165) is 0 Å². The SMILES string of the molecule is Cl[N+](Cl)(c1ncncn1)c1ncncn1. The largest absolute Gasteiger partial charge is 0.377 e. The van der Waals surface area contributed by atoms with Gasteiger partial charge in [0.1, 0.15) is 25.3 Å². The standard InChI is InChI=1S/C6H4Cl2N7/c7-15(8,5-11-1-9-2-12-5)6-13-3-10-4-14-6/h1-4H/q+1. The first-order valence-corrected chi connectivity index (χ1v) is 4.42. The molecule has 0 aromatic carbocycles. The monoisotopic (exact) mass is 244 g/mol. The molecule has 7 nitrogen and oxygen atoms in total. The number of aromatic nitrogens is 6. The van der Waals surface area contributed by atoms with Crippen LogP contribution in [0.5, 0.6) is 0 Å². The van der Waals surface area contributed by atoms with E-state index in [1.807, 2.05) is 0 Å². The summed E-state index contributed by atoms with van der Waals surface area (Å²) in [6.45, 7) is 0. The molecule has 0 aliphatic rings. The zero-order valence-electron chi connectivity index (χ0n) is 7.20. The van der Waals surface area contributed by atoms with Gasteiger partial charge in [-0.25, -0.2) is 9.97 Å². The molecule has 0 N–H and O–H groups in total. The van der Waals surface area contributed by atoms with E-state index in [-0.39, 0.29) is 11.9 Å². The number of halogens is 2. The molecule has 0 spiro atoms. The lowest BCUT2D eigenvalue weighted by molar-refractivity contribution is 0.759. The average molecular weight is 245 g/mol. The molecule has 0 fully saturated rings. The Morgan fingerprint density at radius 3 is 1.40 bits per heavy atom. The summed E-state index contributed by atoms with van der Waals surface area (Å²) in [6, 6.07) is 0. The Kier molecular flexibility index (Phi) is 2.67. The van der Waals surface area contributed by atoms with Gasteiger partial charge in [-0.05, 0) is 0 Å². The fraction of sp³-hybridized carbons (Fsp3) is 0. The molecular formula is C6H4Cl2N7+. The second-order valence-electron chi connectivity index (χ2n) is 2.39. The molecule has 0 bridgehead atoms. The summed E-state index contributed by atoms with van der Waals surface area (Å²) in [6.07, 6.45) is 5.12. The highest BCUT2D eigenvalue weighted by Crippen LogP contribution is 2.33. The van der Waals surface area contributed by atoms with Gasteiger partial charge >= 0.3 is 11.9 Å². The van der Waals surface area contributed by atoms with Crippen LogP contribution in [-0.4, -0.2) is 29.9 Å². The third-order valence-corrected chi connectivity index (χ3v) is 2.07. The van der Waals surface area contributed by atoms with Gasteiger partial charge in [-0.1, -0.05) is 0 Å². The lowest BCUT2D eigenvalue weighted by Gasteiger charge is -2.11. The molecule has 0 atom stereocenters. The highest BCUT2D eigenvalue weighted by molar-refractivity contribution is 6.45. The second-order valence-corrected chi connectivity index (χ2v) is 3.58. The number of hydrogen-bond donors (Lipinski definition) is 0. The predicted octanol–water partition coefficient (Wildman–Crippen LogP) is 1.00. The van der Waals surface area contributed by atoms with Crippen molar-refractivity contribution in [2.45, 2.75) is 0 Å². The number of nitrogens with zero attached hydrogens (tertiary/aromatic N) is 7. The van der Waals surface area contributed by atoms with Gasteiger partial charge in [0.2, 0.25) is 23.6 Å². The zero-order valence-corrected chi connectivity index (χ0v) is 8.71. The first-order valence-electron chi connectivity index (χ1n) is 3.75. The third-order valence-electron chi connectivity index (χ3n) is 1.46. The molecule has 0 saturated heterocycles. The van der Waals surface area contributed by atoms with E-state index in [0.29, 0.717) is 0 Å². The van der Waals surface area contributed by atoms with E-state index in [9.17, 15) is 0 Å². The first-order chi connectivity index (χ1) is 7.21. The van der Waals surface area contributed by atoms with Gasteiger partial charge in [0.05, 0.1) is 0 Å². The summed E-state index contributed by atoms with van der Waals surface area (Å²) >= 11 is 12.0. The minimum Gasteiger partial charge on any atom is -0.224 e. The minimum atomic E-state index is -0.801. The van der Waals surface area contributed by atoms with Gasteiger partial charge < -0.3 is 0 Å². The van der Waals surface area contributed by atoms with Crippen molar-refractivity contribution < 1.29 is 0 Å². The maximum Gasteiger partial charge on any atom is 0.377 e. The molecule has 15 heavy (non-hydrogen) atoms. The summed E-state index contributed by atoms with van der Waals surface area (Å²) in [5, 5.41) is 0. The maximum absolute atomic E-state index is 5.98. The number of hydrogen-bond acceptors (Lipinski definition) is 6. The fourth-order valence-electron chi connectivity index (χ4n) is 0.846. The molecule has 0 unspecified atom stereocenters. The van der Waals surface area contributed by atoms with Crippen molar-refractivity contribution in [1.29, 1.82) is 0 Å². The van der Waals surface area contributed by atoms with Gasteiger partial charge in [-0.2, -0.15) is 19.9 Å². The van der Waals surface area contributed by atoms with Crippen molar-refractivity contribution in [2.75, 3.05) is 0 Å². The Labute approximate surface area is 94.6 Å². The highest BCUT2D eigenvalue weighted by Gasteiger charge is 2.38. The van der Waals surface area contributed by atoms with Gasteiger partial charge in [-0.15, -0.1) is 0 Å². The smallest absolute Gasteiger partial charge is 0.224 e. The Balaban J connectivity index is 2.44. The summed E-state index contributed by atoms with van der Waals surface area (Å²) < 4.78 is -0.801. The van der Waals surface area contributed by atoms with E-state index in [4.69, 9.17) is 23.6 Å². The number of rotatable bonds is 2. The Hall–Kier alpha value is -1.44. The summed E-state index contributed by atoms with van der Waals surface area (Å²) in [7, 11) is 0. The van der Waals surface area contributed by atoms with Crippen molar-refractivity contribution in [3.63, 3.8) is 0 Å². The second kappa shape index (κ2) is 3.97. The fourth-order valence-corrected chi connectivity index (χ4v) is 1.19. The van der Waals surface area contributed by atoms with Gasteiger partial charge in [0.25, 0.3) is 0 Å². The molecule has 0 aliphatic carbocycles. The molecule has 0 amide bonds. The maximum atomic E-state index is 5.98. The Morgan fingerprint density at radius 1 is 0.733 bits per heavy atom. The Bertz CT molecular complexity index is 392. The normalized spacial score (nSPS) is 11.3. The van der Waals surface area contributed by atoms with Crippen LogP contribution in [-0.2, 0) is 0 Å². The molecule has 2 aromatic heterocycles. The van der Waals surface area contributed by atoms with Crippen molar-refractivity contribution in [1.82, 2.24) is 33.4 Å². The third kappa shape index (κ3) is 1.99. The molecule has 0 saturated carbocycles. The van der Waals surface area contributed by atoms with Crippen LogP contribution in [0.3, 0.4) is 0 Å². The van der Waals surface area contributed by atoms with Crippen LogP contribution in [0, 0.1) is 0 Å². The van der Waals surface area contributed by atoms with Crippen LogP contribution in [0.2, 0.25) is 0 Å². The van der Waals surface area contributed by atoms with Crippen LogP contribution in [0.1, 0.15) is 0 Å². The van der Waals surface area contributed by atoms with Crippen LogP contribution >= 0.6 is 23.6 Å². The molecule has 2 aromatic rings. The van der Waals surface area contributed by atoms with Gasteiger partial charge in [0, 0.05) is 3.52 Å². The molecule has 2 heterocycles. The van der Waals surface area contributed by atoms with Crippen LogP contribution in [0.15, 0.2) is 25.3 Å². The van der Waals surface area contributed by atoms with Crippen molar-refractivity contribution in [3.05, 3.63) is 25.3 Å². The van der Waals surface area contributed by atoms with E-state index >= 15 is 0 Å². The van der Waals surface area contributed by atoms with Crippen molar-refractivity contribution >= 4 is 35.5 Å². The van der Waals surface area contributed by atoms with E-state index in [1.54, 1.807) is 0 Å². The molecule has 0 aliphatic heterocycles. The van der Waals surface area contributed by atoms with Gasteiger partial charge in [-0.3, -0.25) is 0 Å². The lowest BCUT2D eigenvalue weighted by atomic mass is 10.8.